The van der Waals surface area contributed by atoms with Crippen LogP contribution in [0, 0.1) is 0 Å². The predicted molar refractivity (Wildman–Crippen MR) is 69.3 cm³/mol. The molecule has 0 aliphatic rings. The van der Waals surface area contributed by atoms with E-state index in [4.69, 9.17) is 0 Å². The van der Waals surface area contributed by atoms with E-state index in [-0.39, 0.29) is 0 Å². The highest BCUT2D eigenvalue weighted by atomic mass is 32.1. The molecule has 1 atom stereocenters. The molecular formula is C12H16FNO2S. The van der Waals surface area contributed by atoms with Crippen LogP contribution in [0.15, 0.2) is 24.3 Å². The summed E-state index contributed by atoms with van der Waals surface area (Å²) in [5.74, 6) is -0.710. The molecule has 17 heavy (non-hydrogen) atoms. The minimum atomic E-state index is -1.88. The standard InChI is InChI=1S/C12H16FNO2S/c1-3-14(4-2)10-7-5-9(6-8-10)11(15)16-12(13)17/h5-8,12,17H,3-4H2,1-2H3. The van der Waals surface area contributed by atoms with E-state index in [9.17, 15) is 9.18 Å². The van der Waals surface area contributed by atoms with Gasteiger partial charge in [0, 0.05) is 18.8 Å². The molecule has 0 radical (unpaired) electrons. The van der Waals surface area contributed by atoms with E-state index < -0.39 is 11.7 Å². The molecular weight excluding hydrogens is 241 g/mol. The van der Waals surface area contributed by atoms with Crippen molar-refractivity contribution in [1.82, 2.24) is 0 Å². The first-order chi connectivity index (χ1) is 8.08. The predicted octanol–water partition coefficient (Wildman–Crippen LogP) is 2.87. The maximum absolute atomic E-state index is 12.4. The minimum Gasteiger partial charge on any atom is -0.418 e. The maximum atomic E-state index is 12.4. The Morgan fingerprint density at radius 1 is 1.35 bits per heavy atom. The third-order valence-electron chi connectivity index (χ3n) is 2.44. The van der Waals surface area contributed by atoms with E-state index in [0.29, 0.717) is 5.56 Å². The van der Waals surface area contributed by atoms with Crippen LogP contribution in [-0.4, -0.2) is 24.7 Å². The molecule has 0 spiro atoms. The summed E-state index contributed by atoms with van der Waals surface area (Å²) in [6, 6.07) is 6.86. The second-order valence-electron chi connectivity index (χ2n) is 3.42. The topological polar surface area (TPSA) is 29.5 Å². The van der Waals surface area contributed by atoms with Crippen LogP contribution in [-0.2, 0) is 4.74 Å². The molecule has 0 saturated carbocycles. The average Bonchev–Trinajstić information content (AvgIpc) is 2.30. The van der Waals surface area contributed by atoms with Crippen molar-refractivity contribution in [2.75, 3.05) is 18.0 Å². The van der Waals surface area contributed by atoms with Crippen molar-refractivity contribution < 1.29 is 13.9 Å². The fraction of sp³-hybridized carbons (Fsp3) is 0.417. The molecule has 1 rings (SSSR count). The minimum absolute atomic E-state index is 0.317. The van der Waals surface area contributed by atoms with Gasteiger partial charge in [-0.15, -0.1) is 12.6 Å². The zero-order valence-electron chi connectivity index (χ0n) is 9.89. The van der Waals surface area contributed by atoms with Gasteiger partial charge >= 0.3 is 5.97 Å². The highest BCUT2D eigenvalue weighted by molar-refractivity contribution is 7.80. The second-order valence-corrected chi connectivity index (χ2v) is 3.82. The molecule has 5 heteroatoms. The lowest BCUT2D eigenvalue weighted by Crippen LogP contribution is -2.21. The van der Waals surface area contributed by atoms with Gasteiger partial charge in [0.1, 0.15) is 0 Å². The zero-order chi connectivity index (χ0) is 12.8. The first-order valence-electron chi connectivity index (χ1n) is 5.46. The summed E-state index contributed by atoms with van der Waals surface area (Å²) in [5, 5.41) is 0. The van der Waals surface area contributed by atoms with Crippen molar-refractivity contribution >= 4 is 24.3 Å². The van der Waals surface area contributed by atoms with Crippen LogP contribution in [0.4, 0.5) is 10.1 Å². The normalized spacial score (nSPS) is 12.0. The Balaban J connectivity index is 2.77. The van der Waals surface area contributed by atoms with Gasteiger partial charge in [-0.3, -0.25) is 0 Å². The molecule has 0 amide bonds. The monoisotopic (exact) mass is 257 g/mol. The van der Waals surface area contributed by atoms with Crippen molar-refractivity contribution in [2.45, 2.75) is 19.5 Å². The second kappa shape index (κ2) is 6.49. The van der Waals surface area contributed by atoms with Crippen LogP contribution >= 0.6 is 12.6 Å². The van der Waals surface area contributed by atoms with Gasteiger partial charge in [0.15, 0.2) is 0 Å². The summed E-state index contributed by atoms with van der Waals surface area (Å²) in [6.45, 7) is 5.90. The fourth-order valence-electron chi connectivity index (χ4n) is 1.55. The number of thiol groups is 1. The number of hydrogen-bond acceptors (Lipinski definition) is 4. The Bertz CT molecular complexity index is 363. The van der Waals surface area contributed by atoms with E-state index in [1.54, 1.807) is 12.1 Å². The molecule has 1 unspecified atom stereocenters. The number of benzene rings is 1. The Kier molecular flexibility index (Phi) is 5.28. The van der Waals surface area contributed by atoms with Crippen molar-refractivity contribution in [2.24, 2.45) is 0 Å². The molecule has 0 fully saturated rings. The molecule has 1 aromatic rings. The molecule has 0 aliphatic heterocycles. The molecule has 0 aromatic heterocycles. The first kappa shape index (κ1) is 13.8. The summed E-state index contributed by atoms with van der Waals surface area (Å²) < 4.78 is 16.7. The quantitative estimate of drug-likeness (QED) is 0.499. The van der Waals surface area contributed by atoms with Gasteiger partial charge in [-0.2, -0.15) is 4.39 Å². The van der Waals surface area contributed by atoms with Crippen molar-refractivity contribution in [3.63, 3.8) is 0 Å². The molecule has 0 N–H and O–H groups in total. The Morgan fingerprint density at radius 2 is 1.88 bits per heavy atom. The lowest BCUT2D eigenvalue weighted by atomic mass is 10.2. The number of carbonyl (C=O) groups excluding carboxylic acids is 1. The highest BCUT2D eigenvalue weighted by Gasteiger charge is 2.11. The Hall–Kier alpha value is -1.23. The fourth-order valence-corrected chi connectivity index (χ4v) is 1.65. The maximum Gasteiger partial charge on any atom is 0.341 e. The number of ether oxygens (including phenoxy) is 1. The van der Waals surface area contributed by atoms with E-state index in [1.807, 2.05) is 12.1 Å². The summed E-state index contributed by atoms with van der Waals surface area (Å²) in [4.78, 5) is 13.5. The van der Waals surface area contributed by atoms with Gasteiger partial charge in [-0.1, -0.05) is 0 Å². The largest absolute Gasteiger partial charge is 0.418 e. The van der Waals surface area contributed by atoms with Crippen LogP contribution in [0.2, 0.25) is 0 Å². The van der Waals surface area contributed by atoms with Crippen LogP contribution in [0.25, 0.3) is 0 Å². The summed E-state index contributed by atoms with van der Waals surface area (Å²) in [7, 11) is 0. The van der Waals surface area contributed by atoms with Gasteiger partial charge in [-0.25, -0.2) is 4.79 Å². The number of nitrogens with zero attached hydrogens (tertiary/aromatic N) is 1. The number of carbonyl (C=O) groups is 1. The molecule has 0 heterocycles. The zero-order valence-corrected chi connectivity index (χ0v) is 10.8. The van der Waals surface area contributed by atoms with E-state index in [0.717, 1.165) is 18.8 Å². The third kappa shape index (κ3) is 3.93. The SMILES string of the molecule is CCN(CC)c1ccc(C(=O)OC(F)S)cc1. The number of rotatable bonds is 5. The smallest absolute Gasteiger partial charge is 0.341 e. The molecule has 3 nitrogen and oxygen atoms in total. The average molecular weight is 257 g/mol. The van der Waals surface area contributed by atoms with Gasteiger partial charge in [0.2, 0.25) is 0 Å². The lowest BCUT2D eigenvalue weighted by Gasteiger charge is -2.20. The van der Waals surface area contributed by atoms with E-state index >= 15 is 0 Å². The number of alkyl halides is 1. The number of halogens is 1. The molecule has 94 valence electrons. The van der Waals surface area contributed by atoms with E-state index in [1.165, 1.54) is 0 Å². The van der Waals surface area contributed by atoms with Crippen molar-refractivity contribution in [1.29, 1.82) is 0 Å². The van der Waals surface area contributed by atoms with Gasteiger partial charge in [0.05, 0.1) is 5.56 Å². The Labute approximate surface area is 106 Å². The number of anilines is 1. The number of hydrogen-bond donors (Lipinski definition) is 1. The first-order valence-corrected chi connectivity index (χ1v) is 5.98. The molecule has 1 aromatic carbocycles. The van der Waals surface area contributed by atoms with E-state index in [2.05, 4.69) is 36.1 Å². The van der Waals surface area contributed by atoms with Crippen LogP contribution in [0.5, 0.6) is 0 Å². The van der Waals surface area contributed by atoms with Gasteiger partial charge in [0.25, 0.3) is 5.69 Å². The van der Waals surface area contributed by atoms with Crippen LogP contribution in [0.3, 0.4) is 0 Å². The number of esters is 1. The highest BCUT2D eigenvalue weighted by Crippen LogP contribution is 2.16. The summed E-state index contributed by atoms with van der Waals surface area (Å²) in [6.07, 6.45) is 0. The molecule has 0 aliphatic carbocycles. The van der Waals surface area contributed by atoms with Crippen molar-refractivity contribution in [3.05, 3.63) is 29.8 Å². The lowest BCUT2D eigenvalue weighted by molar-refractivity contribution is 0.0219. The third-order valence-corrected chi connectivity index (χ3v) is 2.54. The van der Waals surface area contributed by atoms with Gasteiger partial charge < -0.3 is 9.64 Å². The molecule has 0 bridgehead atoms. The van der Waals surface area contributed by atoms with Crippen LogP contribution in [0.1, 0.15) is 24.2 Å². The van der Waals surface area contributed by atoms with Crippen LogP contribution < -0.4 is 4.90 Å². The summed E-state index contributed by atoms with van der Waals surface area (Å²) >= 11 is 3.35. The summed E-state index contributed by atoms with van der Waals surface area (Å²) in [5.41, 5.74) is -0.545. The Morgan fingerprint density at radius 3 is 2.29 bits per heavy atom. The van der Waals surface area contributed by atoms with Crippen molar-refractivity contribution in [3.8, 4) is 0 Å². The molecule has 0 saturated heterocycles. The van der Waals surface area contributed by atoms with Gasteiger partial charge in [-0.05, 0) is 38.1 Å².